The van der Waals surface area contributed by atoms with Gasteiger partial charge in [0.15, 0.2) is 0 Å². The van der Waals surface area contributed by atoms with Crippen molar-refractivity contribution >= 4 is 29.0 Å². The number of nitrogen functional groups attached to an aromatic ring is 1. The summed E-state index contributed by atoms with van der Waals surface area (Å²) in [6, 6.07) is 10.5. The number of benzene rings is 1. The van der Waals surface area contributed by atoms with Crippen LogP contribution in [0.25, 0.3) is 16.8 Å². The number of imidazole rings is 1. The molecule has 10 heteroatoms. The first-order chi connectivity index (χ1) is 18.4. The third-order valence-corrected chi connectivity index (χ3v) is 7.01. The minimum atomic E-state index is -0.660. The number of rotatable bonds is 8. The van der Waals surface area contributed by atoms with Gasteiger partial charge in [-0.1, -0.05) is 19.1 Å². The molecule has 1 fully saturated rings. The molecule has 0 radical (unpaired) electrons. The van der Waals surface area contributed by atoms with E-state index in [1.807, 2.05) is 27.6 Å². The Morgan fingerprint density at radius 3 is 2.66 bits per heavy atom. The summed E-state index contributed by atoms with van der Waals surface area (Å²) in [6.07, 6.45) is 6.69. The van der Waals surface area contributed by atoms with E-state index in [1.165, 1.54) is 0 Å². The SMILES string of the molecule is CCC(CN1CCCC1=O)c1nc(-c2ccc(C(=O)Nc3cc(C(C)O)ccn3)cc2)c2c(N)nccn12. The highest BCUT2D eigenvalue weighted by atomic mass is 16.3. The Hall–Kier alpha value is -4.31. The molecular weight excluding hydrogens is 482 g/mol. The van der Waals surface area contributed by atoms with Crippen LogP contribution in [-0.2, 0) is 4.79 Å². The molecule has 3 aromatic heterocycles. The molecule has 5 rings (SSSR count). The normalized spacial score (nSPS) is 15.1. The van der Waals surface area contributed by atoms with Gasteiger partial charge in [-0.25, -0.2) is 15.0 Å². The number of aromatic nitrogens is 4. The van der Waals surface area contributed by atoms with Crippen LogP contribution in [0.5, 0.6) is 0 Å². The summed E-state index contributed by atoms with van der Waals surface area (Å²) in [4.78, 5) is 40.5. The van der Waals surface area contributed by atoms with Crippen LogP contribution >= 0.6 is 0 Å². The van der Waals surface area contributed by atoms with Gasteiger partial charge < -0.3 is 21.1 Å². The van der Waals surface area contributed by atoms with Crippen molar-refractivity contribution in [2.45, 2.75) is 45.1 Å². The molecule has 1 aromatic carbocycles. The molecular formula is C28H31N7O3. The number of pyridine rings is 1. The lowest BCUT2D eigenvalue weighted by molar-refractivity contribution is -0.127. The Bertz CT molecular complexity index is 1480. The number of carbonyl (C=O) groups excluding carboxylic acids is 2. The van der Waals surface area contributed by atoms with Gasteiger partial charge >= 0.3 is 0 Å². The lowest BCUT2D eigenvalue weighted by Crippen LogP contribution is -2.30. The summed E-state index contributed by atoms with van der Waals surface area (Å²) < 4.78 is 1.97. The predicted molar refractivity (Wildman–Crippen MR) is 145 cm³/mol. The second kappa shape index (κ2) is 10.6. The highest BCUT2D eigenvalue weighted by molar-refractivity contribution is 6.04. The fourth-order valence-corrected chi connectivity index (χ4v) is 4.88. The van der Waals surface area contributed by atoms with Gasteiger partial charge in [0, 0.05) is 55.1 Å². The van der Waals surface area contributed by atoms with E-state index in [4.69, 9.17) is 10.7 Å². The number of anilines is 2. The maximum absolute atomic E-state index is 12.8. The lowest BCUT2D eigenvalue weighted by Gasteiger charge is -2.22. The third kappa shape index (κ3) is 4.95. The van der Waals surface area contributed by atoms with Crippen molar-refractivity contribution in [2.24, 2.45) is 0 Å². The Kier molecular flexibility index (Phi) is 7.06. The van der Waals surface area contributed by atoms with Crippen LogP contribution < -0.4 is 11.1 Å². The number of nitrogens with one attached hydrogen (secondary N) is 1. The van der Waals surface area contributed by atoms with Crippen molar-refractivity contribution in [1.29, 1.82) is 0 Å². The van der Waals surface area contributed by atoms with Crippen LogP contribution in [0.1, 0.15) is 66.9 Å². The Labute approximate surface area is 220 Å². The molecule has 0 aliphatic carbocycles. The zero-order valence-electron chi connectivity index (χ0n) is 21.5. The first-order valence-electron chi connectivity index (χ1n) is 12.8. The zero-order valence-corrected chi connectivity index (χ0v) is 21.5. The fourth-order valence-electron chi connectivity index (χ4n) is 4.88. The van der Waals surface area contributed by atoms with Gasteiger partial charge in [0.25, 0.3) is 5.91 Å². The number of aliphatic hydroxyl groups is 1. The molecule has 196 valence electrons. The number of fused-ring (bicyclic) bond motifs is 1. The predicted octanol–water partition coefficient (Wildman–Crippen LogP) is 3.80. The van der Waals surface area contributed by atoms with Crippen molar-refractivity contribution < 1.29 is 14.7 Å². The maximum Gasteiger partial charge on any atom is 0.256 e. The van der Waals surface area contributed by atoms with E-state index < -0.39 is 6.10 Å². The largest absolute Gasteiger partial charge is 0.389 e. The molecule has 4 N–H and O–H groups in total. The number of likely N-dealkylation sites (tertiary alicyclic amines) is 1. The fraction of sp³-hybridized carbons (Fsp3) is 0.321. The Morgan fingerprint density at radius 2 is 1.97 bits per heavy atom. The van der Waals surface area contributed by atoms with Gasteiger partial charge in [0.1, 0.15) is 28.7 Å². The number of nitrogens with zero attached hydrogens (tertiary/aromatic N) is 5. The number of amides is 2. The smallest absolute Gasteiger partial charge is 0.256 e. The van der Waals surface area contributed by atoms with Gasteiger partial charge in [0.2, 0.25) is 5.91 Å². The molecule has 4 aromatic rings. The topological polar surface area (TPSA) is 139 Å². The highest BCUT2D eigenvalue weighted by Gasteiger charge is 2.27. The van der Waals surface area contributed by atoms with Crippen LogP contribution in [0.15, 0.2) is 55.0 Å². The van der Waals surface area contributed by atoms with Gasteiger partial charge in [-0.15, -0.1) is 0 Å². The summed E-state index contributed by atoms with van der Waals surface area (Å²) in [5.74, 6) is 1.46. The van der Waals surface area contributed by atoms with E-state index in [-0.39, 0.29) is 17.7 Å². The van der Waals surface area contributed by atoms with E-state index >= 15 is 0 Å². The van der Waals surface area contributed by atoms with E-state index in [1.54, 1.807) is 43.6 Å². The summed E-state index contributed by atoms with van der Waals surface area (Å²) in [7, 11) is 0. The number of aliphatic hydroxyl groups excluding tert-OH is 1. The van der Waals surface area contributed by atoms with Crippen LogP contribution in [-0.4, -0.2) is 54.3 Å². The Morgan fingerprint density at radius 1 is 1.18 bits per heavy atom. The van der Waals surface area contributed by atoms with Gasteiger partial charge in [-0.3, -0.25) is 14.0 Å². The van der Waals surface area contributed by atoms with Crippen molar-refractivity contribution in [3.8, 4) is 11.3 Å². The molecule has 10 nitrogen and oxygen atoms in total. The second-order valence-electron chi connectivity index (χ2n) is 9.58. The molecule has 38 heavy (non-hydrogen) atoms. The van der Waals surface area contributed by atoms with Gasteiger partial charge in [-0.05, 0) is 49.6 Å². The average molecular weight is 514 g/mol. The lowest BCUT2D eigenvalue weighted by atomic mass is 10.1. The summed E-state index contributed by atoms with van der Waals surface area (Å²) in [5.41, 5.74) is 9.60. The van der Waals surface area contributed by atoms with Crippen molar-refractivity contribution in [1.82, 2.24) is 24.3 Å². The third-order valence-electron chi connectivity index (χ3n) is 7.01. The second-order valence-corrected chi connectivity index (χ2v) is 9.58. The molecule has 0 saturated carbocycles. The molecule has 1 aliphatic heterocycles. The molecule has 2 unspecified atom stereocenters. The number of hydrogen-bond donors (Lipinski definition) is 3. The van der Waals surface area contributed by atoms with E-state index in [0.717, 1.165) is 30.8 Å². The number of nitrogens with two attached hydrogens (primary N) is 1. The highest BCUT2D eigenvalue weighted by Crippen LogP contribution is 2.32. The minimum absolute atomic E-state index is 0.0371. The number of carbonyl (C=O) groups is 2. The minimum Gasteiger partial charge on any atom is -0.389 e. The molecule has 2 amide bonds. The summed E-state index contributed by atoms with van der Waals surface area (Å²) in [6.45, 7) is 5.13. The molecule has 4 heterocycles. The standard InChI is InChI=1S/C28H31N7O3/c1-3-18(16-34-13-4-5-23(34)37)27-33-24(25-26(29)31-12-14-35(25)27)19-6-8-20(9-7-19)28(38)32-22-15-21(17(2)36)10-11-30-22/h6-12,14-15,17-18,36H,3-5,13,16H2,1-2H3,(H2,29,31)(H,30,32,38). The monoisotopic (exact) mass is 513 g/mol. The van der Waals surface area contributed by atoms with E-state index in [2.05, 4.69) is 22.2 Å². The van der Waals surface area contributed by atoms with Crippen molar-refractivity contribution in [3.63, 3.8) is 0 Å². The van der Waals surface area contributed by atoms with Gasteiger partial charge in [0.05, 0.1) is 6.10 Å². The van der Waals surface area contributed by atoms with E-state index in [9.17, 15) is 14.7 Å². The van der Waals surface area contributed by atoms with Crippen LogP contribution in [0.3, 0.4) is 0 Å². The quantitative estimate of drug-likeness (QED) is 0.326. The summed E-state index contributed by atoms with van der Waals surface area (Å²) in [5, 5.41) is 12.6. The molecule has 1 saturated heterocycles. The first-order valence-corrected chi connectivity index (χ1v) is 12.8. The maximum atomic E-state index is 12.8. The Balaban J connectivity index is 1.43. The van der Waals surface area contributed by atoms with Crippen LogP contribution in [0, 0.1) is 0 Å². The zero-order chi connectivity index (χ0) is 26.8. The van der Waals surface area contributed by atoms with Crippen molar-refractivity contribution in [2.75, 3.05) is 24.1 Å². The van der Waals surface area contributed by atoms with Crippen molar-refractivity contribution in [3.05, 3.63) is 71.9 Å². The molecule has 2 atom stereocenters. The number of hydrogen-bond acceptors (Lipinski definition) is 7. The van der Waals surface area contributed by atoms with Crippen LogP contribution in [0.4, 0.5) is 11.6 Å². The van der Waals surface area contributed by atoms with E-state index in [0.29, 0.717) is 46.9 Å². The molecule has 0 spiro atoms. The van der Waals surface area contributed by atoms with Gasteiger partial charge in [-0.2, -0.15) is 0 Å². The first kappa shape index (κ1) is 25.3. The molecule has 0 bridgehead atoms. The average Bonchev–Trinajstić information content (AvgIpc) is 3.51. The summed E-state index contributed by atoms with van der Waals surface area (Å²) >= 11 is 0. The van der Waals surface area contributed by atoms with Crippen LogP contribution in [0.2, 0.25) is 0 Å². The molecule has 1 aliphatic rings.